The van der Waals surface area contributed by atoms with Gasteiger partial charge in [0.2, 0.25) is 0 Å². The number of β-amino-alcohol motifs (C(OH)–C–C–N with tert-alkyl or cyclic N) is 2. The third-order valence-corrected chi connectivity index (χ3v) is 6.03. The van der Waals surface area contributed by atoms with Crippen molar-refractivity contribution in [1.29, 1.82) is 0 Å². The van der Waals surface area contributed by atoms with E-state index in [4.69, 9.17) is 0 Å². The minimum Gasteiger partial charge on any atom is -0.389 e. The largest absolute Gasteiger partial charge is 0.389 e. The first-order chi connectivity index (χ1) is 12.0. The van der Waals surface area contributed by atoms with Gasteiger partial charge >= 0.3 is 6.03 Å². The Kier molecular flexibility index (Phi) is 6.55. The molecule has 0 aromatic rings. The maximum atomic E-state index is 12.4. The topological polar surface area (TPSA) is 96.3 Å². The van der Waals surface area contributed by atoms with Crippen LogP contribution in [0.15, 0.2) is 0 Å². The second kappa shape index (κ2) is 8.66. The van der Waals surface area contributed by atoms with E-state index in [1.165, 1.54) is 19.3 Å². The molecule has 0 aromatic carbocycles. The number of nitrogens with one attached hydrogen (secondary N) is 1. The van der Waals surface area contributed by atoms with Crippen LogP contribution < -0.4 is 5.32 Å². The number of rotatable bonds is 3. The molecule has 0 spiro atoms. The lowest BCUT2D eigenvalue weighted by Crippen LogP contribution is -2.56. The molecule has 144 valence electrons. The van der Waals surface area contributed by atoms with Crippen LogP contribution in [0.1, 0.15) is 44.9 Å². The van der Waals surface area contributed by atoms with E-state index in [1.54, 1.807) is 0 Å². The molecule has 2 aliphatic heterocycles. The molecule has 0 aromatic heterocycles. The summed E-state index contributed by atoms with van der Waals surface area (Å²) in [7, 11) is 0. The molecule has 3 aliphatic rings. The highest BCUT2D eigenvalue weighted by Crippen LogP contribution is 2.22. The van der Waals surface area contributed by atoms with E-state index in [0.29, 0.717) is 25.0 Å². The number of aliphatic hydroxyl groups is 3. The molecule has 25 heavy (non-hydrogen) atoms. The van der Waals surface area contributed by atoms with Gasteiger partial charge in [-0.15, -0.1) is 0 Å². The van der Waals surface area contributed by atoms with Gasteiger partial charge in [0.15, 0.2) is 0 Å². The van der Waals surface area contributed by atoms with Crippen molar-refractivity contribution < 1.29 is 20.1 Å². The lowest BCUT2D eigenvalue weighted by Gasteiger charge is -2.40. The Morgan fingerprint density at radius 1 is 0.920 bits per heavy atom. The van der Waals surface area contributed by atoms with Crippen molar-refractivity contribution >= 4 is 6.03 Å². The summed E-state index contributed by atoms with van der Waals surface area (Å²) in [6.07, 6.45) is 5.02. The van der Waals surface area contributed by atoms with Gasteiger partial charge in [0.05, 0.1) is 12.2 Å². The zero-order chi connectivity index (χ0) is 17.8. The molecule has 3 rings (SSSR count). The smallest absolute Gasteiger partial charge is 0.317 e. The molecular formula is C18H33N3O4. The van der Waals surface area contributed by atoms with E-state index in [-0.39, 0.29) is 6.03 Å². The van der Waals surface area contributed by atoms with Crippen LogP contribution in [0.5, 0.6) is 0 Å². The Bertz CT molecular complexity index is 424. The number of urea groups is 1. The first-order valence-corrected chi connectivity index (χ1v) is 9.85. The SMILES string of the molecule is O=C(NC1CCCCC1)N1CCC(CN2C[C@@H](O)C(O)[C@@H](O)C2)CC1. The Balaban J connectivity index is 1.39. The molecule has 3 fully saturated rings. The zero-order valence-electron chi connectivity index (χ0n) is 15.0. The van der Waals surface area contributed by atoms with Gasteiger partial charge in [-0.05, 0) is 31.6 Å². The fourth-order valence-electron chi connectivity index (χ4n) is 4.42. The molecule has 2 saturated heterocycles. The molecule has 7 nitrogen and oxygen atoms in total. The van der Waals surface area contributed by atoms with Crippen LogP contribution in [-0.4, -0.2) is 88.2 Å². The van der Waals surface area contributed by atoms with Crippen molar-refractivity contribution in [2.45, 2.75) is 69.3 Å². The van der Waals surface area contributed by atoms with Gasteiger partial charge in [0, 0.05) is 38.8 Å². The Labute approximate surface area is 150 Å². The van der Waals surface area contributed by atoms with E-state index < -0.39 is 18.3 Å². The number of likely N-dealkylation sites (tertiary alicyclic amines) is 2. The third kappa shape index (κ3) is 5.06. The minimum atomic E-state index is -1.04. The molecule has 1 saturated carbocycles. The predicted molar refractivity (Wildman–Crippen MR) is 94.2 cm³/mol. The van der Waals surface area contributed by atoms with Gasteiger partial charge in [0.25, 0.3) is 0 Å². The van der Waals surface area contributed by atoms with Crippen molar-refractivity contribution in [3.8, 4) is 0 Å². The van der Waals surface area contributed by atoms with Crippen LogP contribution in [0, 0.1) is 5.92 Å². The summed E-state index contributed by atoms with van der Waals surface area (Å²) in [5.74, 6) is 0.466. The fraction of sp³-hybridized carbons (Fsp3) is 0.944. The molecule has 0 radical (unpaired) electrons. The summed E-state index contributed by atoms with van der Waals surface area (Å²) >= 11 is 0. The monoisotopic (exact) mass is 355 g/mol. The average Bonchev–Trinajstić information content (AvgIpc) is 2.61. The van der Waals surface area contributed by atoms with Crippen molar-refractivity contribution in [2.75, 3.05) is 32.7 Å². The average molecular weight is 355 g/mol. The van der Waals surface area contributed by atoms with Gasteiger partial charge in [0.1, 0.15) is 6.10 Å². The first kappa shape index (κ1) is 18.9. The lowest BCUT2D eigenvalue weighted by atomic mass is 9.94. The second-order valence-corrected chi connectivity index (χ2v) is 8.06. The Morgan fingerprint density at radius 3 is 2.12 bits per heavy atom. The number of hydrogen-bond acceptors (Lipinski definition) is 5. The van der Waals surface area contributed by atoms with Crippen LogP contribution >= 0.6 is 0 Å². The summed E-state index contributed by atoms with van der Waals surface area (Å²) in [4.78, 5) is 16.4. The number of carbonyl (C=O) groups is 1. The van der Waals surface area contributed by atoms with E-state index in [1.807, 2.05) is 9.80 Å². The van der Waals surface area contributed by atoms with E-state index >= 15 is 0 Å². The van der Waals surface area contributed by atoms with Gasteiger partial charge in [-0.2, -0.15) is 0 Å². The molecule has 2 heterocycles. The van der Waals surface area contributed by atoms with Crippen LogP contribution in [-0.2, 0) is 0 Å². The van der Waals surface area contributed by atoms with E-state index in [0.717, 1.165) is 45.3 Å². The summed E-state index contributed by atoms with van der Waals surface area (Å²) in [6, 6.07) is 0.430. The highest BCUT2D eigenvalue weighted by Gasteiger charge is 2.35. The van der Waals surface area contributed by atoms with Gasteiger partial charge in [-0.3, -0.25) is 4.90 Å². The van der Waals surface area contributed by atoms with Crippen LogP contribution in [0.25, 0.3) is 0 Å². The number of amides is 2. The van der Waals surface area contributed by atoms with Gasteiger partial charge in [-0.1, -0.05) is 19.3 Å². The first-order valence-electron chi connectivity index (χ1n) is 9.85. The Morgan fingerprint density at radius 2 is 1.52 bits per heavy atom. The maximum absolute atomic E-state index is 12.4. The molecule has 1 unspecified atom stereocenters. The number of aliphatic hydroxyl groups excluding tert-OH is 3. The van der Waals surface area contributed by atoms with E-state index in [2.05, 4.69) is 5.32 Å². The number of nitrogens with zero attached hydrogens (tertiary/aromatic N) is 2. The van der Waals surface area contributed by atoms with Gasteiger partial charge < -0.3 is 25.5 Å². The van der Waals surface area contributed by atoms with Crippen molar-refractivity contribution in [3.63, 3.8) is 0 Å². The molecule has 3 atom stereocenters. The summed E-state index contributed by atoms with van der Waals surface area (Å²) < 4.78 is 0. The number of carbonyl (C=O) groups excluding carboxylic acids is 1. The molecule has 1 aliphatic carbocycles. The van der Waals surface area contributed by atoms with Gasteiger partial charge in [-0.25, -0.2) is 4.79 Å². The molecule has 4 N–H and O–H groups in total. The fourth-order valence-corrected chi connectivity index (χ4v) is 4.42. The third-order valence-electron chi connectivity index (χ3n) is 6.03. The lowest BCUT2D eigenvalue weighted by molar-refractivity contribution is -0.112. The molecular weight excluding hydrogens is 322 g/mol. The summed E-state index contributed by atoms with van der Waals surface area (Å²) in [5, 5.41) is 32.4. The molecule has 2 amide bonds. The Hall–Kier alpha value is -0.890. The van der Waals surface area contributed by atoms with Crippen molar-refractivity contribution in [1.82, 2.24) is 15.1 Å². The highest BCUT2D eigenvalue weighted by molar-refractivity contribution is 5.74. The maximum Gasteiger partial charge on any atom is 0.317 e. The second-order valence-electron chi connectivity index (χ2n) is 8.06. The number of hydrogen-bond donors (Lipinski definition) is 4. The minimum absolute atomic E-state index is 0.0808. The zero-order valence-corrected chi connectivity index (χ0v) is 15.0. The van der Waals surface area contributed by atoms with Crippen LogP contribution in [0.4, 0.5) is 4.79 Å². The normalized spacial score (nSPS) is 33.4. The quantitative estimate of drug-likeness (QED) is 0.577. The van der Waals surface area contributed by atoms with Crippen LogP contribution in [0.3, 0.4) is 0 Å². The number of piperidine rings is 2. The molecule has 7 heteroatoms. The standard InChI is InChI=1S/C18H33N3O4/c22-15-11-20(12-16(23)17(15)24)10-13-6-8-21(9-7-13)18(25)19-14-4-2-1-3-5-14/h13-17,22-24H,1-12H2,(H,19,25)/t15-,16+,17?. The highest BCUT2D eigenvalue weighted by atomic mass is 16.4. The summed E-state index contributed by atoms with van der Waals surface area (Å²) in [6.45, 7) is 3.15. The predicted octanol–water partition coefficient (Wildman–Crippen LogP) is 0.139. The van der Waals surface area contributed by atoms with Crippen LogP contribution in [0.2, 0.25) is 0 Å². The molecule has 0 bridgehead atoms. The summed E-state index contributed by atoms with van der Waals surface area (Å²) in [5.41, 5.74) is 0. The van der Waals surface area contributed by atoms with Crippen molar-refractivity contribution in [3.05, 3.63) is 0 Å². The van der Waals surface area contributed by atoms with E-state index in [9.17, 15) is 20.1 Å². The van der Waals surface area contributed by atoms with Crippen molar-refractivity contribution in [2.24, 2.45) is 5.92 Å².